The highest BCUT2D eigenvalue weighted by atomic mass is 19.1. The summed E-state index contributed by atoms with van der Waals surface area (Å²) in [5.41, 5.74) is 2.18. The van der Waals surface area contributed by atoms with Crippen LogP contribution in [0.4, 0.5) is 4.39 Å². The predicted octanol–water partition coefficient (Wildman–Crippen LogP) is 3.27. The highest BCUT2D eigenvalue weighted by Crippen LogP contribution is 2.25. The summed E-state index contributed by atoms with van der Waals surface area (Å²) < 4.78 is 13.0. The molecule has 0 bridgehead atoms. The number of amides is 1. The topological polar surface area (TPSA) is 23.6 Å². The molecule has 1 amide bonds. The van der Waals surface area contributed by atoms with Gasteiger partial charge in [-0.2, -0.15) is 0 Å². The summed E-state index contributed by atoms with van der Waals surface area (Å²) in [7, 11) is 2.09. The number of benzene rings is 2. The number of hydrogen-bond acceptors (Lipinski definition) is 2. The molecule has 0 spiro atoms. The maximum absolute atomic E-state index is 13.0. The lowest BCUT2D eigenvalue weighted by Crippen LogP contribution is -2.49. The van der Waals surface area contributed by atoms with Gasteiger partial charge < -0.3 is 9.80 Å². The lowest BCUT2D eigenvalue weighted by atomic mass is 10.0. The Morgan fingerprint density at radius 2 is 1.79 bits per heavy atom. The number of carbonyl (C=O) groups is 1. The first kappa shape index (κ1) is 16.7. The second-order valence-electron chi connectivity index (χ2n) is 6.40. The van der Waals surface area contributed by atoms with Crippen LogP contribution in [0.5, 0.6) is 0 Å². The van der Waals surface area contributed by atoms with Gasteiger partial charge in [0.2, 0.25) is 5.91 Å². The average Bonchev–Trinajstić information content (AvgIpc) is 2.61. The molecular weight excluding hydrogens is 303 g/mol. The highest BCUT2D eigenvalue weighted by Gasteiger charge is 2.29. The van der Waals surface area contributed by atoms with Crippen LogP contribution >= 0.6 is 0 Å². The fourth-order valence-corrected chi connectivity index (χ4v) is 3.22. The van der Waals surface area contributed by atoms with Gasteiger partial charge in [0.05, 0.1) is 6.04 Å². The van der Waals surface area contributed by atoms with E-state index in [9.17, 15) is 9.18 Å². The van der Waals surface area contributed by atoms with Gasteiger partial charge in [0, 0.05) is 26.1 Å². The molecule has 1 aliphatic rings. The van der Waals surface area contributed by atoms with Gasteiger partial charge in [0.25, 0.3) is 0 Å². The summed E-state index contributed by atoms with van der Waals surface area (Å²) in [6.07, 6.45) is 1.10. The Hall–Kier alpha value is -2.20. The van der Waals surface area contributed by atoms with Crippen LogP contribution in [0, 0.1) is 5.82 Å². The zero-order chi connectivity index (χ0) is 16.9. The molecule has 2 aromatic rings. The smallest absolute Gasteiger partial charge is 0.223 e. The first-order valence-electron chi connectivity index (χ1n) is 8.41. The number of piperazine rings is 1. The van der Waals surface area contributed by atoms with E-state index < -0.39 is 0 Å². The monoisotopic (exact) mass is 326 g/mol. The summed E-state index contributed by atoms with van der Waals surface area (Å²) in [6, 6.07) is 16.7. The molecule has 1 aliphatic heterocycles. The van der Waals surface area contributed by atoms with E-state index in [1.54, 1.807) is 12.1 Å². The second kappa shape index (κ2) is 7.58. The Labute approximate surface area is 142 Å². The number of nitrogens with zero attached hydrogens (tertiary/aromatic N) is 2. The van der Waals surface area contributed by atoms with Crippen LogP contribution in [0.15, 0.2) is 54.6 Å². The molecule has 0 unspecified atom stereocenters. The number of rotatable bonds is 4. The van der Waals surface area contributed by atoms with E-state index in [1.165, 1.54) is 17.7 Å². The van der Waals surface area contributed by atoms with Gasteiger partial charge in [0.15, 0.2) is 0 Å². The molecular formula is C20H23FN2O. The molecule has 3 nitrogen and oxygen atoms in total. The molecule has 126 valence electrons. The maximum Gasteiger partial charge on any atom is 0.223 e. The Morgan fingerprint density at radius 3 is 2.50 bits per heavy atom. The van der Waals surface area contributed by atoms with E-state index in [4.69, 9.17) is 0 Å². The van der Waals surface area contributed by atoms with Gasteiger partial charge in [-0.3, -0.25) is 4.79 Å². The van der Waals surface area contributed by atoms with E-state index in [2.05, 4.69) is 24.1 Å². The van der Waals surface area contributed by atoms with Crippen LogP contribution in [0.2, 0.25) is 0 Å². The van der Waals surface area contributed by atoms with Crippen molar-refractivity contribution in [2.45, 2.75) is 18.9 Å². The maximum atomic E-state index is 13.0. The number of hydrogen-bond donors (Lipinski definition) is 0. The molecule has 2 aromatic carbocycles. The molecule has 0 radical (unpaired) electrons. The Morgan fingerprint density at radius 1 is 1.08 bits per heavy atom. The Bertz CT molecular complexity index is 672. The van der Waals surface area contributed by atoms with Gasteiger partial charge in [-0.25, -0.2) is 4.39 Å². The third-order valence-corrected chi connectivity index (χ3v) is 4.63. The van der Waals surface area contributed by atoms with Crippen LogP contribution in [0.3, 0.4) is 0 Å². The molecule has 1 atom stereocenters. The van der Waals surface area contributed by atoms with Gasteiger partial charge >= 0.3 is 0 Å². The van der Waals surface area contributed by atoms with Crippen molar-refractivity contribution in [2.24, 2.45) is 0 Å². The van der Waals surface area contributed by atoms with Crippen LogP contribution in [0.1, 0.15) is 23.6 Å². The van der Waals surface area contributed by atoms with Gasteiger partial charge in [-0.1, -0.05) is 42.5 Å². The van der Waals surface area contributed by atoms with E-state index in [-0.39, 0.29) is 17.8 Å². The van der Waals surface area contributed by atoms with Crippen molar-refractivity contribution in [3.8, 4) is 0 Å². The molecule has 0 aromatic heterocycles. The standard InChI is InChI=1S/C20H23FN2O/c1-22-13-14-23(19(15-22)17-5-3-2-4-6-17)20(24)12-9-16-7-10-18(21)11-8-16/h2-8,10-11,19H,9,12-15H2,1H3/t19-/m0/s1. The molecule has 24 heavy (non-hydrogen) atoms. The third kappa shape index (κ3) is 4.01. The molecule has 0 aliphatic carbocycles. The average molecular weight is 326 g/mol. The van der Waals surface area contributed by atoms with Crippen LogP contribution < -0.4 is 0 Å². The molecule has 0 saturated carbocycles. The fraction of sp³-hybridized carbons (Fsp3) is 0.350. The minimum Gasteiger partial charge on any atom is -0.333 e. The van der Waals surface area contributed by atoms with Crippen LogP contribution in [-0.2, 0) is 11.2 Å². The normalized spacial score (nSPS) is 18.6. The van der Waals surface area contributed by atoms with Gasteiger partial charge in [-0.15, -0.1) is 0 Å². The van der Waals surface area contributed by atoms with Crippen molar-refractivity contribution in [1.82, 2.24) is 9.80 Å². The SMILES string of the molecule is CN1CCN(C(=O)CCc2ccc(F)cc2)[C@H](c2ccccc2)C1. The first-order valence-corrected chi connectivity index (χ1v) is 8.41. The van der Waals surface area contributed by atoms with Crippen LogP contribution in [0.25, 0.3) is 0 Å². The van der Waals surface area contributed by atoms with Crippen molar-refractivity contribution < 1.29 is 9.18 Å². The van der Waals surface area contributed by atoms with Crippen molar-refractivity contribution >= 4 is 5.91 Å². The predicted molar refractivity (Wildman–Crippen MR) is 93.1 cm³/mol. The molecule has 1 fully saturated rings. The summed E-state index contributed by atoms with van der Waals surface area (Å²) in [5.74, 6) is -0.0745. The molecule has 3 rings (SSSR count). The van der Waals surface area contributed by atoms with Crippen molar-refractivity contribution in [3.63, 3.8) is 0 Å². The summed E-state index contributed by atoms with van der Waals surface area (Å²) >= 11 is 0. The number of aryl methyl sites for hydroxylation is 1. The van der Waals surface area contributed by atoms with Gasteiger partial charge in [-0.05, 0) is 36.7 Å². The quantitative estimate of drug-likeness (QED) is 0.861. The molecule has 4 heteroatoms. The van der Waals surface area contributed by atoms with E-state index >= 15 is 0 Å². The van der Waals surface area contributed by atoms with Gasteiger partial charge in [0.1, 0.15) is 5.82 Å². The lowest BCUT2D eigenvalue weighted by molar-refractivity contribution is -0.136. The van der Waals surface area contributed by atoms with E-state index in [0.717, 1.165) is 25.2 Å². The number of halogens is 1. The Kier molecular flexibility index (Phi) is 5.26. The lowest BCUT2D eigenvalue weighted by Gasteiger charge is -2.40. The first-order chi connectivity index (χ1) is 11.6. The largest absolute Gasteiger partial charge is 0.333 e. The zero-order valence-electron chi connectivity index (χ0n) is 14.0. The van der Waals surface area contributed by atoms with Crippen LogP contribution in [-0.4, -0.2) is 42.4 Å². The fourth-order valence-electron chi connectivity index (χ4n) is 3.22. The number of likely N-dealkylation sites (N-methyl/N-ethyl adjacent to an activating group) is 1. The Balaban J connectivity index is 1.68. The molecule has 1 saturated heterocycles. The molecule has 1 heterocycles. The second-order valence-corrected chi connectivity index (χ2v) is 6.40. The van der Waals surface area contributed by atoms with Crippen molar-refractivity contribution in [1.29, 1.82) is 0 Å². The number of carbonyl (C=O) groups excluding carboxylic acids is 1. The summed E-state index contributed by atoms with van der Waals surface area (Å²) in [6.45, 7) is 2.50. The minimum atomic E-state index is -0.242. The minimum absolute atomic E-state index is 0.102. The summed E-state index contributed by atoms with van der Waals surface area (Å²) in [5, 5.41) is 0. The zero-order valence-corrected chi connectivity index (χ0v) is 14.0. The summed E-state index contributed by atoms with van der Waals surface area (Å²) in [4.78, 5) is 17.0. The van der Waals surface area contributed by atoms with E-state index in [1.807, 2.05) is 23.1 Å². The molecule has 0 N–H and O–H groups in total. The van der Waals surface area contributed by atoms with E-state index in [0.29, 0.717) is 12.8 Å². The van der Waals surface area contributed by atoms with Crippen molar-refractivity contribution in [3.05, 3.63) is 71.5 Å². The van der Waals surface area contributed by atoms with Crippen molar-refractivity contribution in [2.75, 3.05) is 26.7 Å². The third-order valence-electron chi connectivity index (χ3n) is 4.63. The highest BCUT2D eigenvalue weighted by molar-refractivity contribution is 5.77.